The summed E-state index contributed by atoms with van der Waals surface area (Å²) in [6.45, 7) is 2.01. The molecule has 210 valence electrons. The second-order valence-corrected chi connectivity index (χ2v) is 8.46. The van der Waals surface area contributed by atoms with Crippen LogP contribution < -0.4 is 14.8 Å². The van der Waals surface area contributed by atoms with Gasteiger partial charge in [-0.25, -0.2) is 4.79 Å². The molecule has 3 aromatic rings. The predicted molar refractivity (Wildman–Crippen MR) is 140 cm³/mol. The van der Waals surface area contributed by atoms with E-state index in [1.165, 1.54) is 11.1 Å². The molecule has 0 heterocycles. The Morgan fingerprint density at radius 2 is 1.38 bits per heavy atom. The lowest BCUT2D eigenvalue weighted by molar-refractivity contribution is -0.192. The van der Waals surface area contributed by atoms with Crippen LogP contribution in [0.4, 0.5) is 13.2 Å². The Balaban J connectivity index is 0.000000673. The molecule has 3 aromatic carbocycles. The van der Waals surface area contributed by atoms with Gasteiger partial charge in [-0.05, 0) is 79.8 Å². The van der Waals surface area contributed by atoms with Crippen molar-refractivity contribution >= 4 is 11.9 Å². The number of hydrogen-bond donors (Lipinski definition) is 3. The van der Waals surface area contributed by atoms with Gasteiger partial charge >= 0.3 is 18.1 Å². The zero-order valence-corrected chi connectivity index (χ0v) is 21.3. The summed E-state index contributed by atoms with van der Waals surface area (Å²) in [6, 6.07) is 26.2. The van der Waals surface area contributed by atoms with Crippen LogP contribution in [0, 0.1) is 0 Å². The van der Waals surface area contributed by atoms with E-state index in [2.05, 4.69) is 29.6 Å². The Morgan fingerprint density at radius 3 is 2.03 bits per heavy atom. The molecule has 0 saturated heterocycles. The molecular weight excluding hydrogens is 515 g/mol. The molecule has 0 bridgehead atoms. The van der Waals surface area contributed by atoms with Gasteiger partial charge in [-0.15, -0.1) is 0 Å². The summed E-state index contributed by atoms with van der Waals surface area (Å²) in [6.07, 6.45) is -1.12. The highest BCUT2D eigenvalue weighted by Gasteiger charge is 2.38. The lowest BCUT2D eigenvalue weighted by Crippen LogP contribution is -2.21. The fourth-order valence-corrected chi connectivity index (χ4v) is 3.35. The average Bonchev–Trinajstić information content (AvgIpc) is 2.90. The highest BCUT2D eigenvalue weighted by molar-refractivity contribution is 5.73. The van der Waals surface area contributed by atoms with Crippen LogP contribution in [0.15, 0.2) is 78.9 Å². The topological polar surface area (TPSA) is 105 Å². The SMILES string of the molecule is O=C(O)C(F)(F)F.O=C(O)CCNCCCc1ccc(OCCCc2cccc(Oc3ccccc3)c2)cc1. The van der Waals surface area contributed by atoms with E-state index in [9.17, 15) is 18.0 Å². The number of carbonyl (C=O) groups is 2. The van der Waals surface area contributed by atoms with Crippen LogP contribution in [0.3, 0.4) is 0 Å². The minimum atomic E-state index is -5.08. The van der Waals surface area contributed by atoms with E-state index < -0.39 is 18.1 Å². The molecule has 39 heavy (non-hydrogen) atoms. The number of rotatable bonds is 14. The second-order valence-electron chi connectivity index (χ2n) is 8.46. The molecule has 0 atom stereocenters. The minimum absolute atomic E-state index is 0.166. The van der Waals surface area contributed by atoms with Gasteiger partial charge in [0.25, 0.3) is 0 Å². The van der Waals surface area contributed by atoms with Crippen molar-refractivity contribution in [3.63, 3.8) is 0 Å². The highest BCUT2D eigenvalue weighted by atomic mass is 19.4. The number of carboxylic acid groups (broad SMARTS) is 2. The zero-order chi connectivity index (χ0) is 28.5. The van der Waals surface area contributed by atoms with E-state index in [-0.39, 0.29) is 6.42 Å². The van der Waals surface area contributed by atoms with E-state index in [1.807, 2.05) is 54.6 Å². The molecule has 7 nitrogen and oxygen atoms in total. The van der Waals surface area contributed by atoms with Gasteiger partial charge in [-0.2, -0.15) is 13.2 Å². The summed E-state index contributed by atoms with van der Waals surface area (Å²) in [4.78, 5) is 19.4. The van der Waals surface area contributed by atoms with Crippen LogP contribution in [0.1, 0.15) is 30.4 Å². The molecular formula is C29H32F3NO6. The summed E-state index contributed by atoms with van der Waals surface area (Å²) < 4.78 is 43.5. The third kappa shape index (κ3) is 13.9. The molecule has 0 amide bonds. The van der Waals surface area contributed by atoms with Crippen LogP contribution in [0.5, 0.6) is 17.2 Å². The van der Waals surface area contributed by atoms with Gasteiger partial charge in [-0.1, -0.05) is 42.5 Å². The van der Waals surface area contributed by atoms with Gasteiger partial charge in [0.2, 0.25) is 0 Å². The number of para-hydroxylation sites is 1. The molecule has 0 aliphatic heterocycles. The fourth-order valence-electron chi connectivity index (χ4n) is 3.35. The Kier molecular flexibility index (Phi) is 13.4. The van der Waals surface area contributed by atoms with Gasteiger partial charge in [0, 0.05) is 6.54 Å². The maximum Gasteiger partial charge on any atom is 0.490 e. The zero-order valence-electron chi connectivity index (χ0n) is 21.3. The monoisotopic (exact) mass is 547 g/mol. The number of aryl methyl sites for hydroxylation is 2. The number of alkyl halides is 3. The fraction of sp³-hybridized carbons (Fsp3) is 0.310. The standard InChI is InChI=1S/C27H31NO4.C2HF3O2/c29-27(30)17-19-28-18-5-8-22-13-15-24(16-14-22)31-20-6-9-23-7-4-12-26(21-23)32-25-10-2-1-3-11-25;3-2(4,5)1(6)7/h1-4,7,10-16,21,28H,5-6,8-9,17-20H2,(H,29,30);(H,6,7). The number of benzene rings is 3. The third-order valence-corrected chi connectivity index (χ3v) is 5.26. The molecule has 3 N–H and O–H groups in total. The van der Waals surface area contributed by atoms with Crippen molar-refractivity contribution in [2.24, 2.45) is 0 Å². The predicted octanol–water partition coefficient (Wildman–Crippen LogP) is 6.12. The lowest BCUT2D eigenvalue weighted by Gasteiger charge is -2.09. The smallest absolute Gasteiger partial charge is 0.490 e. The lowest BCUT2D eigenvalue weighted by atomic mass is 10.1. The van der Waals surface area contributed by atoms with Gasteiger partial charge in [0.15, 0.2) is 0 Å². The summed E-state index contributed by atoms with van der Waals surface area (Å²) in [7, 11) is 0. The molecule has 0 aliphatic rings. The van der Waals surface area contributed by atoms with Crippen LogP contribution in [-0.4, -0.2) is 48.0 Å². The first-order chi connectivity index (χ1) is 18.6. The molecule has 0 radical (unpaired) electrons. The molecule has 0 unspecified atom stereocenters. The quantitative estimate of drug-likeness (QED) is 0.209. The third-order valence-electron chi connectivity index (χ3n) is 5.26. The number of halogens is 3. The van der Waals surface area contributed by atoms with Crippen molar-refractivity contribution < 1.29 is 42.4 Å². The summed E-state index contributed by atoms with van der Waals surface area (Å²) >= 11 is 0. The number of ether oxygens (including phenoxy) is 2. The van der Waals surface area contributed by atoms with Gasteiger partial charge < -0.3 is 25.0 Å². The first-order valence-electron chi connectivity index (χ1n) is 12.4. The first-order valence-corrected chi connectivity index (χ1v) is 12.4. The molecule has 0 fully saturated rings. The minimum Gasteiger partial charge on any atom is -0.494 e. The number of hydrogen-bond acceptors (Lipinski definition) is 5. The van der Waals surface area contributed by atoms with Crippen molar-refractivity contribution in [1.29, 1.82) is 0 Å². The maximum atomic E-state index is 10.6. The Bertz CT molecular complexity index is 1140. The van der Waals surface area contributed by atoms with E-state index >= 15 is 0 Å². The molecule has 0 aromatic heterocycles. The van der Waals surface area contributed by atoms with Crippen LogP contribution in [-0.2, 0) is 22.4 Å². The van der Waals surface area contributed by atoms with Crippen molar-refractivity contribution in [2.45, 2.75) is 38.3 Å². The molecule has 0 aliphatic carbocycles. The van der Waals surface area contributed by atoms with Crippen molar-refractivity contribution in [3.05, 3.63) is 90.0 Å². The molecule has 0 spiro atoms. The van der Waals surface area contributed by atoms with Gasteiger partial charge in [-0.3, -0.25) is 4.79 Å². The van der Waals surface area contributed by atoms with Crippen LogP contribution in [0.25, 0.3) is 0 Å². The summed E-state index contributed by atoms with van der Waals surface area (Å²) in [5.74, 6) is -0.950. The van der Waals surface area contributed by atoms with E-state index in [4.69, 9.17) is 24.5 Å². The molecule has 0 saturated carbocycles. The number of carboxylic acids is 2. The Hall–Kier alpha value is -4.05. The summed E-state index contributed by atoms with van der Waals surface area (Å²) in [5, 5.41) is 18.9. The number of aliphatic carboxylic acids is 2. The van der Waals surface area contributed by atoms with Crippen LogP contribution >= 0.6 is 0 Å². The van der Waals surface area contributed by atoms with Crippen molar-refractivity contribution in [2.75, 3.05) is 19.7 Å². The largest absolute Gasteiger partial charge is 0.494 e. The van der Waals surface area contributed by atoms with Gasteiger partial charge in [0.05, 0.1) is 13.0 Å². The molecule has 10 heteroatoms. The number of nitrogens with one attached hydrogen (secondary N) is 1. The van der Waals surface area contributed by atoms with E-state index in [0.717, 1.165) is 49.5 Å². The highest BCUT2D eigenvalue weighted by Crippen LogP contribution is 2.22. The van der Waals surface area contributed by atoms with Crippen molar-refractivity contribution in [1.82, 2.24) is 5.32 Å². The second kappa shape index (κ2) is 16.7. The van der Waals surface area contributed by atoms with Gasteiger partial charge in [0.1, 0.15) is 17.2 Å². The van der Waals surface area contributed by atoms with E-state index in [0.29, 0.717) is 13.2 Å². The Morgan fingerprint density at radius 1 is 0.744 bits per heavy atom. The Labute approximate surface area is 225 Å². The van der Waals surface area contributed by atoms with E-state index in [1.54, 1.807) is 0 Å². The first kappa shape index (κ1) is 31.2. The van der Waals surface area contributed by atoms with Crippen molar-refractivity contribution in [3.8, 4) is 17.2 Å². The average molecular weight is 548 g/mol. The molecule has 3 rings (SSSR count). The maximum absolute atomic E-state index is 10.6. The summed E-state index contributed by atoms with van der Waals surface area (Å²) in [5.41, 5.74) is 2.49. The van der Waals surface area contributed by atoms with Crippen LogP contribution in [0.2, 0.25) is 0 Å². The normalized spacial score (nSPS) is 10.7.